The van der Waals surface area contributed by atoms with E-state index in [2.05, 4.69) is 17.1 Å². The topological polar surface area (TPSA) is 73.3 Å². The van der Waals surface area contributed by atoms with E-state index in [4.69, 9.17) is 9.47 Å². The van der Waals surface area contributed by atoms with E-state index in [1.807, 2.05) is 48.5 Å². The van der Waals surface area contributed by atoms with Gasteiger partial charge in [-0.05, 0) is 0 Å². The van der Waals surface area contributed by atoms with Gasteiger partial charge in [-0.2, -0.15) is 0 Å². The summed E-state index contributed by atoms with van der Waals surface area (Å²) in [6, 6.07) is 20.2. The van der Waals surface area contributed by atoms with Crippen LogP contribution >= 0.6 is 0 Å². The molecule has 162 valence electrons. The van der Waals surface area contributed by atoms with E-state index in [0.717, 1.165) is 17.5 Å². The summed E-state index contributed by atoms with van der Waals surface area (Å²) >= 11 is 0.0898. The third-order valence-corrected chi connectivity index (χ3v) is 8.53. The van der Waals surface area contributed by atoms with Gasteiger partial charge in [0.15, 0.2) is 0 Å². The molecule has 0 amide bonds. The van der Waals surface area contributed by atoms with Gasteiger partial charge in [-0.3, -0.25) is 0 Å². The SMILES string of the molecule is Cc1cn(C2C[C@H](OCc3ccccc3)[C@@H](COCc3ccccc3)[Se]2)c(=O)[nH]c1=O. The second-order valence-electron chi connectivity index (χ2n) is 7.68. The third-order valence-electron chi connectivity index (χ3n) is 5.34. The molecule has 7 heteroatoms. The van der Waals surface area contributed by atoms with Crippen molar-refractivity contribution in [2.24, 2.45) is 0 Å². The van der Waals surface area contributed by atoms with Crippen molar-refractivity contribution < 1.29 is 9.47 Å². The zero-order valence-electron chi connectivity index (χ0n) is 17.4. The second-order valence-corrected chi connectivity index (χ2v) is 10.7. The zero-order chi connectivity index (χ0) is 21.6. The van der Waals surface area contributed by atoms with E-state index in [1.165, 1.54) is 0 Å². The van der Waals surface area contributed by atoms with Crippen LogP contribution in [-0.4, -0.2) is 37.2 Å². The van der Waals surface area contributed by atoms with Gasteiger partial charge in [0, 0.05) is 0 Å². The summed E-state index contributed by atoms with van der Waals surface area (Å²) in [5.74, 6) is 0. The Labute approximate surface area is 187 Å². The second kappa shape index (κ2) is 10.2. The predicted octanol–water partition coefficient (Wildman–Crippen LogP) is 3.04. The molecule has 1 saturated heterocycles. The molecule has 1 fully saturated rings. The van der Waals surface area contributed by atoms with Crippen LogP contribution in [0, 0.1) is 6.92 Å². The molecule has 0 radical (unpaired) electrons. The monoisotopic (exact) mass is 486 g/mol. The molecule has 2 heterocycles. The van der Waals surface area contributed by atoms with Crippen molar-refractivity contribution >= 4 is 15.0 Å². The Morgan fingerprint density at radius 1 is 1.00 bits per heavy atom. The maximum atomic E-state index is 12.4. The van der Waals surface area contributed by atoms with Gasteiger partial charge < -0.3 is 0 Å². The first-order chi connectivity index (χ1) is 15.1. The third kappa shape index (κ3) is 5.63. The summed E-state index contributed by atoms with van der Waals surface area (Å²) in [7, 11) is 0. The van der Waals surface area contributed by atoms with Gasteiger partial charge in [-0.15, -0.1) is 0 Å². The summed E-state index contributed by atoms with van der Waals surface area (Å²) in [5.41, 5.74) is 2.13. The molecule has 1 aliphatic heterocycles. The van der Waals surface area contributed by atoms with Crippen molar-refractivity contribution in [3.63, 3.8) is 0 Å². The fourth-order valence-electron chi connectivity index (χ4n) is 3.64. The number of nitrogens with one attached hydrogen (secondary N) is 1. The molecule has 4 rings (SSSR count). The Bertz CT molecular complexity index is 1100. The molecule has 31 heavy (non-hydrogen) atoms. The number of aromatic nitrogens is 2. The van der Waals surface area contributed by atoms with Crippen molar-refractivity contribution in [1.29, 1.82) is 0 Å². The summed E-state index contributed by atoms with van der Waals surface area (Å²) in [5, 5.41) is 0. The van der Waals surface area contributed by atoms with Gasteiger partial charge in [-0.1, -0.05) is 0 Å². The van der Waals surface area contributed by atoms with Gasteiger partial charge in [0.25, 0.3) is 0 Å². The van der Waals surface area contributed by atoms with Crippen LogP contribution in [0.4, 0.5) is 0 Å². The zero-order valence-corrected chi connectivity index (χ0v) is 19.1. The van der Waals surface area contributed by atoms with E-state index < -0.39 is 0 Å². The number of rotatable bonds is 8. The van der Waals surface area contributed by atoms with E-state index in [-0.39, 0.29) is 42.1 Å². The summed E-state index contributed by atoms with van der Waals surface area (Å²) in [6.45, 7) is 3.40. The fraction of sp³-hybridized carbons (Fsp3) is 0.333. The van der Waals surface area contributed by atoms with E-state index in [0.29, 0.717) is 25.4 Å². The van der Waals surface area contributed by atoms with Crippen LogP contribution in [0.2, 0.25) is 4.82 Å². The molecule has 3 aromatic rings. The van der Waals surface area contributed by atoms with Crippen LogP contribution in [0.25, 0.3) is 0 Å². The van der Waals surface area contributed by atoms with Crippen molar-refractivity contribution in [1.82, 2.24) is 9.55 Å². The van der Waals surface area contributed by atoms with Crippen molar-refractivity contribution in [2.75, 3.05) is 6.61 Å². The summed E-state index contributed by atoms with van der Waals surface area (Å²) in [4.78, 5) is 26.9. The van der Waals surface area contributed by atoms with Gasteiger partial charge in [-0.25, -0.2) is 0 Å². The number of aryl methyl sites for hydroxylation is 1. The molecule has 0 aliphatic carbocycles. The summed E-state index contributed by atoms with van der Waals surface area (Å²) in [6.07, 6.45) is 2.41. The van der Waals surface area contributed by atoms with Crippen LogP contribution in [0.1, 0.15) is 28.1 Å². The molecule has 0 spiro atoms. The van der Waals surface area contributed by atoms with Crippen LogP contribution in [-0.2, 0) is 22.7 Å². The minimum absolute atomic E-state index is 0.000105. The number of nitrogens with zero attached hydrogens (tertiary/aromatic N) is 1. The van der Waals surface area contributed by atoms with Crippen LogP contribution in [0.3, 0.4) is 0 Å². The Hall–Kier alpha value is -2.44. The fourth-order valence-corrected chi connectivity index (χ4v) is 6.86. The number of hydrogen-bond acceptors (Lipinski definition) is 4. The Balaban J connectivity index is 1.46. The maximum absolute atomic E-state index is 12.4. The molecule has 6 nitrogen and oxygen atoms in total. The van der Waals surface area contributed by atoms with E-state index in [1.54, 1.807) is 17.7 Å². The van der Waals surface area contributed by atoms with Crippen molar-refractivity contribution in [3.8, 4) is 0 Å². The molecule has 1 aliphatic rings. The van der Waals surface area contributed by atoms with E-state index in [9.17, 15) is 9.59 Å². The number of ether oxygens (including phenoxy) is 2. The minimum atomic E-state index is -0.352. The average Bonchev–Trinajstić information content (AvgIpc) is 3.19. The number of aromatic amines is 1. The van der Waals surface area contributed by atoms with Gasteiger partial charge in [0.1, 0.15) is 0 Å². The molecule has 1 aromatic heterocycles. The van der Waals surface area contributed by atoms with Gasteiger partial charge in [0.2, 0.25) is 0 Å². The van der Waals surface area contributed by atoms with Crippen LogP contribution in [0.5, 0.6) is 0 Å². The molecular formula is C24H26N2O4Se. The first kappa shape index (κ1) is 21.8. The quantitative estimate of drug-likeness (QED) is 0.498. The van der Waals surface area contributed by atoms with Crippen LogP contribution < -0.4 is 11.2 Å². The molecule has 3 atom stereocenters. The standard InChI is InChI=1S/C24H26N2O4Se/c1-17-13-26(24(28)25-23(17)27)22-12-20(30-15-19-10-6-3-7-11-19)21(31-22)16-29-14-18-8-4-2-5-9-18/h2-11,13,20-22H,12,14-16H2,1H3,(H,25,27,28)/t20-,21+,22?/m0/s1. The normalized spacial score (nSPS) is 20.7. The van der Waals surface area contributed by atoms with Gasteiger partial charge >= 0.3 is 187 Å². The molecule has 0 bridgehead atoms. The Kier molecular flexibility index (Phi) is 7.20. The van der Waals surface area contributed by atoms with Gasteiger partial charge in [0.05, 0.1) is 0 Å². The number of benzene rings is 2. The molecule has 2 aromatic carbocycles. The predicted molar refractivity (Wildman–Crippen MR) is 120 cm³/mol. The summed E-state index contributed by atoms with van der Waals surface area (Å²) < 4.78 is 14.0. The van der Waals surface area contributed by atoms with E-state index >= 15 is 0 Å². The Morgan fingerprint density at radius 3 is 2.32 bits per heavy atom. The molecule has 1 N–H and O–H groups in total. The molecular weight excluding hydrogens is 459 g/mol. The number of hydrogen-bond donors (Lipinski definition) is 1. The molecule has 1 unspecified atom stereocenters. The van der Waals surface area contributed by atoms with Crippen LogP contribution in [0.15, 0.2) is 76.4 Å². The first-order valence-corrected chi connectivity index (χ1v) is 12.3. The molecule has 0 saturated carbocycles. The average molecular weight is 485 g/mol. The number of H-pyrrole nitrogens is 1. The first-order valence-electron chi connectivity index (χ1n) is 10.3. The van der Waals surface area contributed by atoms with Crippen molar-refractivity contribution in [3.05, 3.63) is 104 Å². The van der Waals surface area contributed by atoms with Crippen molar-refractivity contribution in [2.45, 2.75) is 42.4 Å². The Morgan fingerprint density at radius 2 is 1.65 bits per heavy atom.